The van der Waals surface area contributed by atoms with Gasteiger partial charge in [0.1, 0.15) is 19.3 Å². The van der Waals surface area contributed by atoms with Crippen molar-refractivity contribution in [2.75, 3.05) is 32.8 Å². The number of rotatable bonds is 8. The molecule has 0 saturated carbocycles. The minimum Gasteiger partial charge on any atom is -0.486 e. The van der Waals surface area contributed by atoms with E-state index in [1.54, 1.807) is 29.1 Å². The lowest BCUT2D eigenvalue weighted by Gasteiger charge is -2.29. The molecule has 5 rings (SSSR count). The molecule has 37 heavy (non-hydrogen) atoms. The van der Waals surface area contributed by atoms with Crippen molar-refractivity contribution in [3.8, 4) is 11.5 Å². The number of nitrogens with zero attached hydrogens (tertiary/aromatic N) is 3. The number of hydrogen-bond acceptors (Lipinski definition) is 7. The van der Waals surface area contributed by atoms with Crippen LogP contribution in [0.5, 0.6) is 11.5 Å². The first kappa shape index (κ1) is 25.2. The second-order valence-electron chi connectivity index (χ2n) is 9.85. The standard InChI is InChI=1S/C27H31FN4O5/c1-16(2)32-22-12-17(5-6-18(22)14-29-32)25(34)27(35)30-21(15-31-7-3-4-8-31)24(33)19-11-20(28)26-23(13-19)36-9-10-37-26/h5-6,11-14,16,21,24,33H,3-4,7-10,15H2,1-2H3,(H,30,35)/t21-,24-/m1/s1. The average molecular weight is 511 g/mol. The molecule has 0 radical (unpaired) electrons. The summed E-state index contributed by atoms with van der Waals surface area (Å²) in [7, 11) is 0. The maximum atomic E-state index is 14.7. The fourth-order valence-corrected chi connectivity index (χ4v) is 4.96. The van der Waals surface area contributed by atoms with Gasteiger partial charge in [-0.15, -0.1) is 0 Å². The third kappa shape index (κ3) is 5.17. The zero-order valence-electron chi connectivity index (χ0n) is 20.9. The number of aliphatic hydroxyl groups excluding tert-OH is 1. The van der Waals surface area contributed by atoms with Crippen molar-refractivity contribution in [2.24, 2.45) is 0 Å². The maximum absolute atomic E-state index is 14.7. The molecule has 196 valence electrons. The SMILES string of the molecule is CC(C)n1ncc2ccc(C(=O)C(=O)N[C@H](CN3CCCC3)[C@H](O)c3cc(F)c4c(c3)OCCO4)cc21. The van der Waals surface area contributed by atoms with Crippen LogP contribution in [0.4, 0.5) is 4.39 Å². The van der Waals surface area contributed by atoms with E-state index in [0.717, 1.165) is 36.8 Å². The topological polar surface area (TPSA) is 106 Å². The molecule has 0 bridgehead atoms. The number of nitrogens with one attached hydrogen (secondary N) is 1. The number of ketones is 1. The van der Waals surface area contributed by atoms with E-state index in [1.807, 2.05) is 13.8 Å². The van der Waals surface area contributed by atoms with Gasteiger partial charge in [0.05, 0.1) is 17.8 Å². The van der Waals surface area contributed by atoms with Gasteiger partial charge in [-0.25, -0.2) is 4.39 Å². The minimum atomic E-state index is -1.27. The van der Waals surface area contributed by atoms with E-state index in [1.165, 1.54) is 12.1 Å². The number of amides is 1. The lowest BCUT2D eigenvalue weighted by molar-refractivity contribution is -0.118. The molecule has 1 aromatic heterocycles. The Morgan fingerprint density at radius 3 is 2.65 bits per heavy atom. The highest BCUT2D eigenvalue weighted by Crippen LogP contribution is 2.36. The predicted molar refractivity (Wildman–Crippen MR) is 134 cm³/mol. The van der Waals surface area contributed by atoms with Crippen molar-refractivity contribution < 1.29 is 28.6 Å². The van der Waals surface area contributed by atoms with E-state index in [9.17, 15) is 19.1 Å². The van der Waals surface area contributed by atoms with Crippen molar-refractivity contribution in [1.82, 2.24) is 20.0 Å². The first-order chi connectivity index (χ1) is 17.8. The Morgan fingerprint density at radius 2 is 1.89 bits per heavy atom. The summed E-state index contributed by atoms with van der Waals surface area (Å²) in [5.41, 5.74) is 1.22. The second kappa shape index (κ2) is 10.5. The number of aliphatic hydroxyl groups is 1. The fraction of sp³-hybridized carbons (Fsp3) is 0.444. The molecule has 3 aromatic rings. The molecule has 2 aliphatic rings. The van der Waals surface area contributed by atoms with Crippen LogP contribution in [0.3, 0.4) is 0 Å². The Morgan fingerprint density at radius 1 is 1.14 bits per heavy atom. The summed E-state index contributed by atoms with van der Waals surface area (Å²) in [6, 6.07) is 6.96. The van der Waals surface area contributed by atoms with Crippen LogP contribution in [-0.2, 0) is 4.79 Å². The van der Waals surface area contributed by atoms with Crippen molar-refractivity contribution in [3.05, 3.63) is 53.5 Å². The monoisotopic (exact) mass is 510 g/mol. The molecule has 10 heteroatoms. The van der Waals surface area contributed by atoms with Crippen LogP contribution in [0.1, 0.15) is 54.8 Å². The van der Waals surface area contributed by atoms with E-state index < -0.39 is 29.7 Å². The zero-order chi connectivity index (χ0) is 26.1. The van der Waals surface area contributed by atoms with Gasteiger partial charge >= 0.3 is 0 Å². The first-order valence-electron chi connectivity index (χ1n) is 12.6. The van der Waals surface area contributed by atoms with Gasteiger partial charge in [-0.3, -0.25) is 14.3 Å². The smallest absolute Gasteiger partial charge is 0.292 e. The number of ether oxygens (including phenoxy) is 2. The van der Waals surface area contributed by atoms with Crippen molar-refractivity contribution >= 4 is 22.6 Å². The Hall–Kier alpha value is -3.50. The molecule has 1 amide bonds. The van der Waals surface area contributed by atoms with E-state index in [0.29, 0.717) is 6.54 Å². The fourth-order valence-electron chi connectivity index (χ4n) is 4.96. The number of likely N-dealkylation sites (tertiary alicyclic amines) is 1. The summed E-state index contributed by atoms with van der Waals surface area (Å²) in [6.45, 7) is 6.43. The van der Waals surface area contributed by atoms with Crippen LogP contribution in [0, 0.1) is 5.82 Å². The highest BCUT2D eigenvalue weighted by molar-refractivity contribution is 6.43. The quantitative estimate of drug-likeness (QED) is 0.355. The van der Waals surface area contributed by atoms with Gasteiger partial charge in [-0.2, -0.15) is 5.10 Å². The number of carbonyl (C=O) groups is 2. The molecule has 2 aliphatic heterocycles. The summed E-state index contributed by atoms with van der Waals surface area (Å²) >= 11 is 0. The molecule has 0 aliphatic carbocycles. The van der Waals surface area contributed by atoms with Crippen molar-refractivity contribution in [2.45, 2.75) is 44.9 Å². The van der Waals surface area contributed by atoms with Gasteiger partial charge in [-0.05, 0) is 63.5 Å². The van der Waals surface area contributed by atoms with Crippen LogP contribution in [-0.4, -0.2) is 70.4 Å². The van der Waals surface area contributed by atoms with Gasteiger partial charge in [0.2, 0.25) is 5.78 Å². The molecule has 2 N–H and O–H groups in total. The number of aromatic nitrogens is 2. The van der Waals surface area contributed by atoms with Crippen LogP contribution in [0.2, 0.25) is 0 Å². The van der Waals surface area contributed by atoms with Crippen LogP contribution in [0.15, 0.2) is 36.5 Å². The highest BCUT2D eigenvalue weighted by Gasteiger charge is 2.31. The van der Waals surface area contributed by atoms with Crippen molar-refractivity contribution in [3.63, 3.8) is 0 Å². The maximum Gasteiger partial charge on any atom is 0.292 e. The Bertz CT molecular complexity index is 1320. The third-order valence-electron chi connectivity index (χ3n) is 6.87. The Kier molecular flexibility index (Phi) is 7.12. The van der Waals surface area contributed by atoms with E-state index in [2.05, 4.69) is 15.3 Å². The van der Waals surface area contributed by atoms with E-state index >= 15 is 0 Å². The Labute approximate surface area is 214 Å². The number of benzene rings is 2. The number of halogens is 1. The molecule has 0 spiro atoms. The summed E-state index contributed by atoms with van der Waals surface area (Å²) in [6.07, 6.45) is 2.47. The van der Waals surface area contributed by atoms with Crippen LogP contribution in [0.25, 0.3) is 10.9 Å². The number of hydrogen-bond donors (Lipinski definition) is 2. The van der Waals surface area contributed by atoms with E-state index in [4.69, 9.17) is 9.47 Å². The van der Waals surface area contributed by atoms with Gasteiger partial charge in [-0.1, -0.05) is 12.1 Å². The van der Waals surface area contributed by atoms with Crippen molar-refractivity contribution in [1.29, 1.82) is 0 Å². The predicted octanol–water partition coefficient (Wildman–Crippen LogP) is 3.02. The van der Waals surface area contributed by atoms with Gasteiger partial charge < -0.3 is 24.8 Å². The second-order valence-corrected chi connectivity index (χ2v) is 9.85. The summed E-state index contributed by atoms with van der Waals surface area (Å²) in [5, 5.41) is 19.2. The first-order valence-corrected chi connectivity index (χ1v) is 12.6. The molecule has 0 unspecified atom stereocenters. The molecule has 1 saturated heterocycles. The molecule has 1 fully saturated rings. The van der Waals surface area contributed by atoms with Gasteiger partial charge in [0.15, 0.2) is 17.3 Å². The molecular weight excluding hydrogens is 479 g/mol. The summed E-state index contributed by atoms with van der Waals surface area (Å²) in [4.78, 5) is 28.4. The van der Waals surface area contributed by atoms with Crippen LogP contribution < -0.4 is 14.8 Å². The normalized spacial score (nSPS) is 17.2. The van der Waals surface area contributed by atoms with Gasteiger partial charge in [0.25, 0.3) is 5.91 Å². The average Bonchev–Trinajstić information content (AvgIpc) is 3.57. The lowest BCUT2D eigenvalue weighted by atomic mass is 9.99. The van der Waals surface area contributed by atoms with Crippen LogP contribution >= 0.6 is 0 Å². The number of carbonyl (C=O) groups excluding carboxylic acids is 2. The number of Topliss-reactive ketones (excluding diaryl/α,β-unsaturated/α-hetero) is 1. The van der Waals surface area contributed by atoms with E-state index in [-0.39, 0.29) is 41.9 Å². The summed E-state index contributed by atoms with van der Waals surface area (Å²) in [5.74, 6) is -1.99. The molecular formula is C27H31FN4O5. The largest absolute Gasteiger partial charge is 0.486 e. The highest BCUT2D eigenvalue weighted by atomic mass is 19.1. The molecule has 3 heterocycles. The lowest BCUT2D eigenvalue weighted by Crippen LogP contribution is -2.48. The summed E-state index contributed by atoms with van der Waals surface area (Å²) < 4.78 is 27.3. The third-order valence-corrected chi connectivity index (χ3v) is 6.87. The Balaban J connectivity index is 1.39. The minimum absolute atomic E-state index is 0.00790. The van der Waals surface area contributed by atoms with Gasteiger partial charge in [0, 0.05) is 23.5 Å². The zero-order valence-corrected chi connectivity index (χ0v) is 20.9. The number of fused-ring (bicyclic) bond motifs is 2. The molecule has 2 atom stereocenters. The molecule has 2 aromatic carbocycles. The molecule has 9 nitrogen and oxygen atoms in total.